The summed E-state index contributed by atoms with van der Waals surface area (Å²) in [5.74, 6) is 1.35. The van der Waals surface area contributed by atoms with Crippen LogP contribution in [0.5, 0.6) is 0 Å². The van der Waals surface area contributed by atoms with Crippen molar-refractivity contribution >= 4 is 11.8 Å². The molecule has 0 spiro atoms. The summed E-state index contributed by atoms with van der Waals surface area (Å²) >= 11 is 2.11. The van der Waals surface area contributed by atoms with Crippen molar-refractivity contribution in [2.24, 2.45) is 0 Å². The molecule has 2 atom stereocenters. The first-order chi connectivity index (χ1) is 5.84. The maximum atomic E-state index is 3.65. The van der Waals surface area contributed by atoms with E-state index in [1.165, 1.54) is 38.0 Å². The lowest BCUT2D eigenvalue weighted by Gasteiger charge is -2.15. The molecule has 0 aromatic rings. The molecule has 0 aromatic heterocycles. The van der Waals surface area contributed by atoms with Crippen molar-refractivity contribution in [1.82, 2.24) is 5.32 Å². The minimum Gasteiger partial charge on any atom is -0.313 e. The predicted molar refractivity (Wildman–Crippen MR) is 57.9 cm³/mol. The van der Waals surface area contributed by atoms with Crippen LogP contribution in [0.1, 0.15) is 39.5 Å². The van der Waals surface area contributed by atoms with E-state index in [1.54, 1.807) is 0 Å². The highest BCUT2D eigenvalue weighted by Gasteiger charge is 2.22. The molecule has 0 bridgehead atoms. The van der Waals surface area contributed by atoms with Gasteiger partial charge in [0.1, 0.15) is 0 Å². The minimum atomic E-state index is 0.798. The third kappa shape index (κ3) is 3.36. The highest BCUT2D eigenvalue weighted by molar-refractivity contribution is 8.00. The molecule has 1 aliphatic rings. The Bertz CT molecular complexity index is 116. The van der Waals surface area contributed by atoms with E-state index in [4.69, 9.17) is 0 Å². The van der Waals surface area contributed by atoms with E-state index in [9.17, 15) is 0 Å². The summed E-state index contributed by atoms with van der Waals surface area (Å²) in [4.78, 5) is 0. The molecule has 1 heterocycles. The zero-order valence-electron chi connectivity index (χ0n) is 8.31. The summed E-state index contributed by atoms with van der Waals surface area (Å²) in [5, 5.41) is 4.48. The van der Waals surface area contributed by atoms with Crippen molar-refractivity contribution in [3.05, 3.63) is 0 Å². The smallest absolute Gasteiger partial charge is 0.0191 e. The Labute approximate surface area is 80.7 Å². The van der Waals surface area contributed by atoms with Crippen LogP contribution in [0.25, 0.3) is 0 Å². The summed E-state index contributed by atoms with van der Waals surface area (Å²) in [6.07, 6.45) is 5.43. The van der Waals surface area contributed by atoms with E-state index in [-0.39, 0.29) is 0 Å². The molecule has 0 saturated carbocycles. The van der Waals surface area contributed by atoms with Crippen LogP contribution >= 0.6 is 11.8 Å². The van der Waals surface area contributed by atoms with Crippen molar-refractivity contribution in [2.75, 3.05) is 12.3 Å². The van der Waals surface area contributed by atoms with Crippen LogP contribution in [0.2, 0.25) is 0 Å². The lowest BCUT2D eigenvalue weighted by atomic mass is 10.1. The van der Waals surface area contributed by atoms with Crippen molar-refractivity contribution in [3.63, 3.8) is 0 Å². The molecule has 1 N–H and O–H groups in total. The Kier molecular flexibility index (Phi) is 5.08. The average Bonchev–Trinajstić information content (AvgIpc) is 2.46. The number of nitrogens with one attached hydrogen (secondary N) is 1. The summed E-state index contributed by atoms with van der Waals surface area (Å²) in [6, 6.07) is 0.798. The van der Waals surface area contributed by atoms with Gasteiger partial charge >= 0.3 is 0 Å². The number of hydrogen-bond donors (Lipinski definition) is 1. The SMILES string of the molecule is CCCCCNC1CCSC1C. The Morgan fingerprint density at radius 2 is 2.25 bits per heavy atom. The fourth-order valence-electron chi connectivity index (χ4n) is 1.66. The van der Waals surface area contributed by atoms with Gasteiger partial charge in [-0.2, -0.15) is 11.8 Å². The van der Waals surface area contributed by atoms with Gasteiger partial charge in [0.05, 0.1) is 0 Å². The third-order valence-electron chi connectivity index (χ3n) is 2.56. The zero-order chi connectivity index (χ0) is 8.81. The average molecular weight is 187 g/mol. The maximum absolute atomic E-state index is 3.65. The Hall–Kier alpha value is 0.310. The van der Waals surface area contributed by atoms with Crippen LogP contribution in [-0.4, -0.2) is 23.6 Å². The fourth-order valence-corrected chi connectivity index (χ4v) is 2.89. The van der Waals surface area contributed by atoms with Gasteiger partial charge in [-0.25, -0.2) is 0 Å². The third-order valence-corrected chi connectivity index (χ3v) is 3.89. The summed E-state index contributed by atoms with van der Waals surface area (Å²) in [6.45, 7) is 5.83. The highest BCUT2D eigenvalue weighted by Crippen LogP contribution is 2.25. The second-order valence-electron chi connectivity index (χ2n) is 3.63. The molecule has 1 fully saturated rings. The van der Waals surface area contributed by atoms with Crippen LogP contribution in [0.3, 0.4) is 0 Å². The van der Waals surface area contributed by atoms with E-state index >= 15 is 0 Å². The quantitative estimate of drug-likeness (QED) is 0.664. The molecule has 1 saturated heterocycles. The van der Waals surface area contributed by atoms with Crippen molar-refractivity contribution < 1.29 is 0 Å². The van der Waals surface area contributed by atoms with E-state index in [0.29, 0.717) is 0 Å². The lowest BCUT2D eigenvalue weighted by molar-refractivity contribution is 0.497. The van der Waals surface area contributed by atoms with Gasteiger partial charge in [-0.15, -0.1) is 0 Å². The molecule has 12 heavy (non-hydrogen) atoms. The molecular weight excluding hydrogens is 166 g/mol. The molecule has 1 rings (SSSR count). The largest absolute Gasteiger partial charge is 0.313 e. The topological polar surface area (TPSA) is 12.0 Å². The first-order valence-corrected chi connectivity index (χ1v) is 6.24. The zero-order valence-corrected chi connectivity index (χ0v) is 9.12. The molecule has 0 aliphatic carbocycles. The summed E-state index contributed by atoms with van der Waals surface area (Å²) in [7, 11) is 0. The van der Waals surface area contributed by atoms with Crippen LogP contribution in [0, 0.1) is 0 Å². The highest BCUT2D eigenvalue weighted by atomic mass is 32.2. The number of rotatable bonds is 5. The van der Waals surface area contributed by atoms with Gasteiger partial charge in [-0.3, -0.25) is 0 Å². The normalized spacial score (nSPS) is 29.5. The molecule has 1 nitrogen and oxygen atoms in total. The maximum Gasteiger partial charge on any atom is 0.0191 e. The first-order valence-electron chi connectivity index (χ1n) is 5.19. The van der Waals surface area contributed by atoms with Crippen LogP contribution < -0.4 is 5.32 Å². The van der Waals surface area contributed by atoms with E-state index in [2.05, 4.69) is 30.9 Å². The van der Waals surface area contributed by atoms with Crippen LogP contribution in [0.15, 0.2) is 0 Å². The number of unbranched alkanes of at least 4 members (excludes halogenated alkanes) is 2. The van der Waals surface area contributed by atoms with Gasteiger partial charge in [-0.05, 0) is 25.1 Å². The monoisotopic (exact) mass is 187 g/mol. The van der Waals surface area contributed by atoms with E-state index in [0.717, 1.165) is 11.3 Å². The van der Waals surface area contributed by atoms with Gasteiger partial charge in [0.25, 0.3) is 0 Å². The Balaban J connectivity index is 1.98. The molecule has 72 valence electrons. The fraction of sp³-hybridized carbons (Fsp3) is 1.00. The molecule has 0 aromatic carbocycles. The van der Waals surface area contributed by atoms with Gasteiger partial charge in [0.15, 0.2) is 0 Å². The molecular formula is C10H21NS. The van der Waals surface area contributed by atoms with Crippen molar-refractivity contribution in [1.29, 1.82) is 0 Å². The molecule has 2 heteroatoms. The summed E-state index contributed by atoms with van der Waals surface area (Å²) < 4.78 is 0. The van der Waals surface area contributed by atoms with Crippen molar-refractivity contribution in [2.45, 2.75) is 50.8 Å². The van der Waals surface area contributed by atoms with Crippen LogP contribution in [0.4, 0.5) is 0 Å². The van der Waals surface area contributed by atoms with Gasteiger partial charge in [-0.1, -0.05) is 26.7 Å². The number of thioether (sulfide) groups is 1. The molecule has 0 radical (unpaired) electrons. The van der Waals surface area contributed by atoms with Crippen molar-refractivity contribution in [3.8, 4) is 0 Å². The Morgan fingerprint density at radius 1 is 1.42 bits per heavy atom. The first kappa shape index (κ1) is 10.4. The Morgan fingerprint density at radius 3 is 2.83 bits per heavy atom. The standard InChI is InChI=1S/C10H21NS/c1-3-4-5-7-11-10-6-8-12-9(10)2/h9-11H,3-8H2,1-2H3. The van der Waals surface area contributed by atoms with E-state index in [1.807, 2.05) is 0 Å². The lowest BCUT2D eigenvalue weighted by Crippen LogP contribution is -2.33. The summed E-state index contributed by atoms with van der Waals surface area (Å²) in [5.41, 5.74) is 0. The molecule has 2 unspecified atom stereocenters. The second-order valence-corrected chi connectivity index (χ2v) is 5.12. The molecule has 1 aliphatic heterocycles. The van der Waals surface area contributed by atoms with Gasteiger partial charge in [0, 0.05) is 11.3 Å². The molecule has 0 amide bonds. The van der Waals surface area contributed by atoms with Gasteiger partial charge < -0.3 is 5.32 Å². The van der Waals surface area contributed by atoms with Crippen LogP contribution in [-0.2, 0) is 0 Å². The number of hydrogen-bond acceptors (Lipinski definition) is 2. The minimum absolute atomic E-state index is 0.798. The second kappa shape index (κ2) is 5.87. The predicted octanol–water partition coefficient (Wildman–Crippen LogP) is 2.66. The van der Waals surface area contributed by atoms with E-state index < -0.39 is 0 Å². The van der Waals surface area contributed by atoms with Gasteiger partial charge in [0.2, 0.25) is 0 Å².